The molecule has 0 saturated carbocycles. The Bertz CT molecular complexity index is 331. The molecule has 0 bridgehead atoms. The summed E-state index contributed by atoms with van der Waals surface area (Å²) in [5.41, 5.74) is 0. The van der Waals surface area contributed by atoms with Crippen LogP contribution in [-0.2, 0) is 4.74 Å². The molecule has 2 heterocycles. The van der Waals surface area contributed by atoms with Crippen molar-refractivity contribution in [2.75, 3.05) is 6.61 Å². The van der Waals surface area contributed by atoms with Gasteiger partial charge in [0.1, 0.15) is 5.01 Å². The highest BCUT2D eigenvalue weighted by Gasteiger charge is 2.26. The standard InChI is InChI=1S/C10H15BrN2OS/c1-6(10-12-5-9(11)15-10)13-8-3-4-14-7(8)2/h5-8,13H,3-4H2,1-2H3. The van der Waals surface area contributed by atoms with Crippen LogP contribution >= 0.6 is 27.3 Å². The fourth-order valence-electron chi connectivity index (χ4n) is 1.81. The Labute approximate surface area is 102 Å². The molecule has 3 nitrogen and oxygen atoms in total. The second-order valence-electron chi connectivity index (χ2n) is 3.86. The lowest BCUT2D eigenvalue weighted by Gasteiger charge is -2.20. The molecule has 1 fully saturated rings. The van der Waals surface area contributed by atoms with Gasteiger partial charge in [0.15, 0.2) is 0 Å². The van der Waals surface area contributed by atoms with Crippen LogP contribution in [0.25, 0.3) is 0 Å². The Morgan fingerprint density at radius 3 is 3.07 bits per heavy atom. The summed E-state index contributed by atoms with van der Waals surface area (Å²) in [6.07, 6.45) is 3.26. The smallest absolute Gasteiger partial charge is 0.110 e. The summed E-state index contributed by atoms with van der Waals surface area (Å²) >= 11 is 5.11. The van der Waals surface area contributed by atoms with Crippen LogP contribution in [-0.4, -0.2) is 23.7 Å². The molecule has 1 aliphatic rings. The summed E-state index contributed by atoms with van der Waals surface area (Å²) in [6, 6.07) is 0.762. The SMILES string of the molecule is CC(NC1CCOC1C)c1ncc(Br)s1. The molecule has 0 spiro atoms. The number of halogens is 1. The van der Waals surface area contributed by atoms with Gasteiger partial charge in [-0.2, -0.15) is 0 Å². The molecule has 5 heteroatoms. The van der Waals surface area contributed by atoms with Crippen molar-refractivity contribution in [1.29, 1.82) is 0 Å². The van der Waals surface area contributed by atoms with E-state index in [-0.39, 0.29) is 0 Å². The van der Waals surface area contributed by atoms with Gasteiger partial charge in [-0.3, -0.25) is 0 Å². The number of hydrogen-bond acceptors (Lipinski definition) is 4. The summed E-state index contributed by atoms with van der Waals surface area (Å²) < 4.78 is 6.60. The summed E-state index contributed by atoms with van der Waals surface area (Å²) in [4.78, 5) is 4.35. The summed E-state index contributed by atoms with van der Waals surface area (Å²) in [6.45, 7) is 5.14. The minimum absolute atomic E-state index is 0.301. The van der Waals surface area contributed by atoms with Crippen molar-refractivity contribution in [3.8, 4) is 0 Å². The Kier molecular flexibility index (Phi) is 3.77. The maximum absolute atomic E-state index is 5.52. The molecule has 3 atom stereocenters. The molecule has 0 radical (unpaired) electrons. The van der Waals surface area contributed by atoms with E-state index in [4.69, 9.17) is 4.74 Å². The fourth-order valence-corrected chi connectivity index (χ4v) is 3.07. The van der Waals surface area contributed by atoms with E-state index < -0.39 is 0 Å². The Morgan fingerprint density at radius 1 is 1.73 bits per heavy atom. The zero-order valence-electron chi connectivity index (χ0n) is 8.87. The average Bonchev–Trinajstić information content (AvgIpc) is 2.77. The number of ether oxygens (including phenoxy) is 1. The molecule has 1 N–H and O–H groups in total. The third kappa shape index (κ3) is 2.78. The maximum Gasteiger partial charge on any atom is 0.110 e. The third-order valence-electron chi connectivity index (χ3n) is 2.71. The topological polar surface area (TPSA) is 34.1 Å². The Hall–Kier alpha value is 0.0300. The predicted octanol–water partition coefficient (Wildman–Crippen LogP) is 2.73. The van der Waals surface area contributed by atoms with E-state index >= 15 is 0 Å². The lowest BCUT2D eigenvalue weighted by molar-refractivity contribution is 0.111. The van der Waals surface area contributed by atoms with Crippen molar-refractivity contribution in [3.05, 3.63) is 15.0 Å². The van der Waals surface area contributed by atoms with Gasteiger partial charge in [0.05, 0.1) is 22.1 Å². The van der Waals surface area contributed by atoms with Crippen LogP contribution in [0, 0.1) is 0 Å². The molecule has 2 rings (SSSR count). The van der Waals surface area contributed by atoms with Crippen LogP contribution in [0.1, 0.15) is 31.3 Å². The van der Waals surface area contributed by atoms with Crippen LogP contribution in [0.2, 0.25) is 0 Å². The maximum atomic E-state index is 5.52. The van der Waals surface area contributed by atoms with Crippen LogP contribution in [0.15, 0.2) is 9.98 Å². The van der Waals surface area contributed by atoms with E-state index in [0.717, 1.165) is 21.8 Å². The number of nitrogens with zero attached hydrogens (tertiary/aromatic N) is 1. The molecule has 0 aromatic carbocycles. The molecule has 1 saturated heterocycles. The number of nitrogens with one attached hydrogen (secondary N) is 1. The van der Waals surface area contributed by atoms with Gasteiger partial charge in [-0.15, -0.1) is 11.3 Å². The molecule has 15 heavy (non-hydrogen) atoms. The first-order chi connectivity index (χ1) is 7.16. The van der Waals surface area contributed by atoms with Gasteiger partial charge in [-0.1, -0.05) is 0 Å². The summed E-state index contributed by atoms with van der Waals surface area (Å²) in [5, 5.41) is 4.69. The van der Waals surface area contributed by atoms with Crippen LogP contribution in [0.4, 0.5) is 0 Å². The molecule has 3 unspecified atom stereocenters. The quantitative estimate of drug-likeness (QED) is 0.930. The van der Waals surface area contributed by atoms with E-state index in [1.54, 1.807) is 11.3 Å². The number of hydrogen-bond donors (Lipinski definition) is 1. The minimum Gasteiger partial charge on any atom is -0.377 e. The van der Waals surface area contributed by atoms with E-state index in [2.05, 4.69) is 40.1 Å². The largest absolute Gasteiger partial charge is 0.377 e. The molecule has 0 aliphatic carbocycles. The lowest BCUT2D eigenvalue weighted by Crippen LogP contribution is -2.36. The van der Waals surface area contributed by atoms with Crippen LogP contribution < -0.4 is 5.32 Å². The van der Waals surface area contributed by atoms with Gasteiger partial charge in [-0.05, 0) is 36.2 Å². The monoisotopic (exact) mass is 290 g/mol. The zero-order valence-corrected chi connectivity index (χ0v) is 11.3. The second-order valence-corrected chi connectivity index (χ2v) is 6.30. The highest BCUT2D eigenvalue weighted by Crippen LogP contribution is 2.25. The fraction of sp³-hybridized carbons (Fsp3) is 0.700. The summed E-state index contributed by atoms with van der Waals surface area (Å²) in [5.74, 6) is 0. The van der Waals surface area contributed by atoms with Crippen molar-refractivity contribution in [2.24, 2.45) is 0 Å². The van der Waals surface area contributed by atoms with Crippen molar-refractivity contribution in [1.82, 2.24) is 10.3 Å². The van der Waals surface area contributed by atoms with Crippen molar-refractivity contribution >= 4 is 27.3 Å². The van der Waals surface area contributed by atoms with Crippen LogP contribution in [0.5, 0.6) is 0 Å². The molecule has 1 aliphatic heterocycles. The Morgan fingerprint density at radius 2 is 2.53 bits per heavy atom. The van der Waals surface area contributed by atoms with Crippen LogP contribution in [0.3, 0.4) is 0 Å². The molecular formula is C10H15BrN2OS. The predicted molar refractivity (Wildman–Crippen MR) is 65.2 cm³/mol. The normalized spacial score (nSPS) is 28.2. The third-order valence-corrected chi connectivity index (χ3v) is 4.36. The Balaban J connectivity index is 1.94. The molecule has 0 amide bonds. The molecule has 1 aromatic rings. The first-order valence-electron chi connectivity index (χ1n) is 5.15. The van der Waals surface area contributed by atoms with Crippen molar-refractivity contribution in [3.63, 3.8) is 0 Å². The van der Waals surface area contributed by atoms with E-state index in [1.165, 1.54) is 0 Å². The molecular weight excluding hydrogens is 276 g/mol. The van der Waals surface area contributed by atoms with Gasteiger partial charge >= 0.3 is 0 Å². The minimum atomic E-state index is 0.301. The van der Waals surface area contributed by atoms with Crippen molar-refractivity contribution in [2.45, 2.75) is 38.5 Å². The molecule has 1 aromatic heterocycles. The number of rotatable bonds is 3. The number of thiazole rings is 1. The lowest BCUT2D eigenvalue weighted by atomic mass is 10.1. The van der Waals surface area contributed by atoms with Gasteiger partial charge in [-0.25, -0.2) is 4.98 Å². The number of aromatic nitrogens is 1. The molecule has 84 valence electrons. The van der Waals surface area contributed by atoms with Crippen molar-refractivity contribution < 1.29 is 4.74 Å². The van der Waals surface area contributed by atoms with Gasteiger partial charge in [0, 0.05) is 12.6 Å². The summed E-state index contributed by atoms with van der Waals surface area (Å²) in [7, 11) is 0. The van der Waals surface area contributed by atoms with Gasteiger partial charge in [0.25, 0.3) is 0 Å². The average molecular weight is 291 g/mol. The zero-order chi connectivity index (χ0) is 10.8. The first kappa shape index (κ1) is 11.5. The highest BCUT2D eigenvalue weighted by atomic mass is 79.9. The van der Waals surface area contributed by atoms with Gasteiger partial charge in [0.2, 0.25) is 0 Å². The van der Waals surface area contributed by atoms with E-state index in [0.29, 0.717) is 18.2 Å². The van der Waals surface area contributed by atoms with E-state index in [1.807, 2.05) is 6.20 Å². The first-order valence-corrected chi connectivity index (χ1v) is 6.76. The highest BCUT2D eigenvalue weighted by molar-refractivity contribution is 9.11. The van der Waals surface area contributed by atoms with Gasteiger partial charge < -0.3 is 10.1 Å². The second kappa shape index (κ2) is 4.91. The van der Waals surface area contributed by atoms with E-state index in [9.17, 15) is 0 Å².